The van der Waals surface area contributed by atoms with Gasteiger partial charge in [0, 0.05) is 11.6 Å². The summed E-state index contributed by atoms with van der Waals surface area (Å²) >= 11 is 0. The minimum Gasteiger partial charge on any atom is -0.423 e. The first-order valence-electron chi connectivity index (χ1n) is 9.83. The van der Waals surface area contributed by atoms with E-state index in [1.165, 1.54) is 28.3 Å². The minimum absolute atomic E-state index is 0.361. The van der Waals surface area contributed by atoms with Gasteiger partial charge in [0.2, 0.25) is 0 Å². The normalized spacial score (nSPS) is 12.2. The van der Waals surface area contributed by atoms with Crippen LogP contribution in [-0.4, -0.2) is 5.97 Å². The second-order valence-electron chi connectivity index (χ2n) is 7.25. The third kappa shape index (κ3) is 2.94. The average molecular weight is 376 g/mol. The molecule has 0 fully saturated rings. The van der Waals surface area contributed by atoms with Crippen LogP contribution in [0.1, 0.15) is 18.1 Å². The van der Waals surface area contributed by atoms with Crippen LogP contribution in [-0.2, 0) is 11.2 Å². The molecular weight excluding hydrogens is 356 g/mol. The SMILES string of the molecule is CC=CC(=O)Oc1ccc2ccccc2c1-c1cccc2c1Cc1ccccc1-2. The van der Waals surface area contributed by atoms with Gasteiger partial charge in [0.05, 0.1) is 0 Å². The molecule has 29 heavy (non-hydrogen) atoms. The number of carbonyl (C=O) groups excluding carboxylic acids is 1. The van der Waals surface area contributed by atoms with Crippen molar-refractivity contribution in [1.29, 1.82) is 0 Å². The monoisotopic (exact) mass is 376 g/mol. The Bertz CT molecular complexity index is 1280. The molecule has 0 radical (unpaired) electrons. The summed E-state index contributed by atoms with van der Waals surface area (Å²) < 4.78 is 5.76. The topological polar surface area (TPSA) is 26.3 Å². The second-order valence-corrected chi connectivity index (χ2v) is 7.25. The van der Waals surface area contributed by atoms with E-state index in [1.807, 2.05) is 31.2 Å². The minimum atomic E-state index is -0.361. The summed E-state index contributed by atoms with van der Waals surface area (Å²) in [4.78, 5) is 12.2. The van der Waals surface area contributed by atoms with E-state index in [0.717, 1.165) is 28.3 Å². The number of hydrogen-bond donors (Lipinski definition) is 0. The largest absolute Gasteiger partial charge is 0.423 e. The first kappa shape index (κ1) is 17.4. The number of hydrogen-bond acceptors (Lipinski definition) is 2. The standard InChI is InChI=1S/C27H20O2/c1-2-8-26(28)29-25-16-15-18-9-3-6-12-21(18)27(25)23-14-7-13-22-20-11-5-4-10-19(20)17-24(22)23/h2-16H,17H2,1H3. The summed E-state index contributed by atoms with van der Waals surface area (Å²) in [5.41, 5.74) is 7.27. The Morgan fingerprint density at radius 1 is 0.828 bits per heavy atom. The summed E-state index contributed by atoms with van der Waals surface area (Å²) in [6, 6.07) is 27.1. The first-order valence-corrected chi connectivity index (χ1v) is 9.83. The van der Waals surface area contributed by atoms with E-state index < -0.39 is 0 Å². The van der Waals surface area contributed by atoms with E-state index in [1.54, 1.807) is 6.08 Å². The zero-order chi connectivity index (χ0) is 19.8. The fraction of sp³-hybridized carbons (Fsp3) is 0.0741. The number of ether oxygens (including phenoxy) is 1. The van der Waals surface area contributed by atoms with Gasteiger partial charge in [-0.05, 0) is 58.0 Å². The molecule has 0 saturated heterocycles. The van der Waals surface area contributed by atoms with Gasteiger partial charge in [-0.25, -0.2) is 4.79 Å². The Labute approximate surface area is 170 Å². The van der Waals surface area contributed by atoms with Crippen molar-refractivity contribution >= 4 is 16.7 Å². The maximum atomic E-state index is 12.2. The van der Waals surface area contributed by atoms with E-state index in [-0.39, 0.29) is 5.97 Å². The average Bonchev–Trinajstić information content (AvgIpc) is 3.13. The lowest BCUT2D eigenvalue weighted by atomic mass is 9.91. The zero-order valence-corrected chi connectivity index (χ0v) is 16.2. The Hall–Kier alpha value is -3.65. The van der Waals surface area contributed by atoms with E-state index in [2.05, 4.69) is 54.6 Å². The molecule has 0 saturated carbocycles. The zero-order valence-electron chi connectivity index (χ0n) is 16.2. The molecule has 1 aliphatic rings. The summed E-state index contributed by atoms with van der Waals surface area (Å²) in [7, 11) is 0. The summed E-state index contributed by atoms with van der Waals surface area (Å²) in [6.07, 6.45) is 4.03. The molecule has 2 nitrogen and oxygen atoms in total. The van der Waals surface area contributed by atoms with Gasteiger partial charge in [-0.2, -0.15) is 0 Å². The predicted molar refractivity (Wildman–Crippen MR) is 118 cm³/mol. The van der Waals surface area contributed by atoms with Crippen LogP contribution in [0.2, 0.25) is 0 Å². The number of benzene rings is 4. The third-order valence-corrected chi connectivity index (χ3v) is 5.52. The van der Waals surface area contributed by atoms with Crippen molar-refractivity contribution in [2.45, 2.75) is 13.3 Å². The summed E-state index contributed by atoms with van der Waals surface area (Å²) in [5, 5.41) is 2.21. The number of carbonyl (C=O) groups is 1. The van der Waals surface area contributed by atoms with Crippen LogP contribution in [0.5, 0.6) is 5.75 Å². The molecule has 5 rings (SSSR count). The molecule has 2 heteroatoms. The van der Waals surface area contributed by atoms with Crippen LogP contribution < -0.4 is 4.74 Å². The number of rotatable bonds is 3. The molecule has 0 spiro atoms. The van der Waals surface area contributed by atoms with Crippen LogP contribution in [0.25, 0.3) is 33.0 Å². The maximum Gasteiger partial charge on any atom is 0.335 e. The molecule has 0 heterocycles. The number of allylic oxidation sites excluding steroid dienone is 1. The molecule has 0 atom stereocenters. The van der Waals surface area contributed by atoms with Crippen molar-refractivity contribution in [2.75, 3.05) is 0 Å². The van der Waals surface area contributed by atoms with Crippen molar-refractivity contribution in [2.24, 2.45) is 0 Å². The smallest absolute Gasteiger partial charge is 0.335 e. The molecule has 0 bridgehead atoms. The van der Waals surface area contributed by atoms with Gasteiger partial charge in [-0.1, -0.05) is 78.9 Å². The predicted octanol–water partition coefficient (Wildman–Crippen LogP) is 6.56. The van der Waals surface area contributed by atoms with Crippen molar-refractivity contribution in [3.05, 3.63) is 102 Å². The Kier molecular flexibility index (Phi) is 4.25. The van der Waals surface area contributed by atoms with E-state index in [9.17, 15) is 4.79 Å². The van der Waals surface area contributed by atoms with Gasteiger partial charge < -0.3 is 4.74 Å². The van der Waals surface area contributed by atoms with Crippen LogP contribution in [0.4, 0.5) is 0 Å². The van der Waals surface area contributed by atoms with Crippen molar-refractivity contribution < 1.29 is 9.53 Å². The molecule has 1 aliphatic carbocycles. The van der Waals surface area contributed by atoms with E-state index in [0.29, 0.717) is 5.75 Å². The van der Waals surface area contributed by atoms with Gasteiger partial charge in [-0.3, -0.25) is 0 Å². The lowest BCUT2D eigenvalue weighted by Crippen LogP contribution is -2.05. The highest BCUT2D eigenvalue weighted by Gasteiger charge is 2.24. The molecule has 140 valence electrons. The van der Waals surface area contributed by atoms with E-state index in [4.69, 9.17) is 4.74 Å². The maximum absolute atomic E-state index is 12.2. The molecule has 0 aliphatic heterocycles. The molecule has 4 aromatic rings. The van der Waals surface area contributed by atoms with Gasteiger partial charge >= 0.3 is 5.97 Å². The molecule has 0 amide bonds. The molecule has 0 N–H and O–H groups in total. The highest BCUT2D eigenvalue weighted by Crippen LogP contribution is 2.45. The summed E-state index contributed by atoms with van der Waals surface area (Å²) in [5.74, 6) is 0.232. The van der Waals surface area contributed by atoms with Gasteiger partial charge in [0.25, 0.3) is 0 Å². The van der Waals surface area contributed by atoms with Crippen molar-refractivity contribution in [3.63, 3.8) is 0 Å². The lowest BCUT2D eigenvalue weighted by Gasteiger charge is -2.16. The fourth-order valence-corrected chi connectivity index (χ4v) is 4.28. The van der Waals surface area contributed by atoms with Gasteiger partial charge in [0.1, 0.15) is 5.75 Å². The first-order chi connectivity index (χ1) is 14.3. The summed E-state index contributed by atoms with van der Waals surface area (Å²) in [6.45, 7) is 1.81. The van der Waals surface area contributed by atoms with Crippen LogP contribution in [0.3, 0.4) is 0 Å². The number of fused-ring (bicyclic) bond motifs is 4. The second kappa shape index (κ2) is 7.06. The fourth-order valence-electron chi connectivity index (χ4n) is 4.28. The van der Waals surface area contributed by atoms with Gasteiger partial charge in [-0.15, -0.1) is 0 Å². The molecule has 0 aromatic heterocycles. The van der Waals surface area contributed by atoms with E-state index >= 15 is 0 Å². The van der Waals surface area contributed by atoms with Crippen molar-refractivity contribution in [3.8, 4) is 28.0 Å². The lowest BCUT2D eigenvalue weighted by molar-refractivity contribution is -0.128. The highest BCUT2D eigenvalue weighted by molar-refractivity contribution is 6.03. The van der Waals surface area contributed by atoms with Gasteiger partial charge in [0.15, 0.2) is 0 Å². The Morgan fingerprint density at radius 2 is 1.59 bits per heavy atom. The number of esters is 1. The quantitative estimate of drug-likeness (QED) is 0.202. The molecule has 0 unspecified atom stereocenters. The Morgan fingerprint density at radius 3 is 2.48 bits per heavy atom. The van der Waals surface area contributed by atoms with Crippen LogP contribution in [0, 0.1) is 0 Å². The van der Waals surface area contributed by atoms with Crippen LogP contribution >= 0.6 is 0 Å². The van der Waals surface area contributed by atoms with Crippen LogP contribution in [0.15, 0.2) is 91.0 Å². The molecular formula is C27H20O2. The highest BCUT2D eigenvalue weighted by atomic mass is 16.5. The third-order valence-electron chi connectivity index (χ3n) is 5.52. The van der Waals surface area contributed by atoms with Crippen molar-refractivity contribution in [1.82, 2.24) is 0 Å². The molecule has 4 aromatic carbocycles. The Balaban J connectivity index is 1.76.